The molecule has 1 heterocycles. The molecule has 1 aliphatic heterocycles. The maximum absolute atomic E-state index is 10.3. The fourth-order valence-corrected chi connectivity index (χ4v) is 3.34. The van der Waals surface area contributed by atoms with E-state index in [0.717, 1.165) is 19.4 Å². The van der Waals surface area contributed by atoms with Crippen molar-refractivity contribution in [3.05, 3.63) is 34.9 Å². The lowest BCUT2D eigenvalue weighted by atomic mass is 9.94. The van der Waals surface area contributed by atoms with Crippen molar-refractivity contribution in [1.29, 1.82) is 0 Å². The van der Waals surface area contributed by atoms with Gasteiger partial charge in [-0.2, -0.15) is 0 Å². The van der Waals surface area contributed by atoms with E-state index in [-0.39, 0.29) is 6.10 Å². The zero-order valence-corrected chi connectivity index (χ0v) is 11.0. The summed E-state index contributed by atoms with van der Waals surface area (Å²) < 4.78 is 0. The SMILES string of the molecule is OC(Cc1ccc2c(c1)CCC2)C1CCCCN1. The van der Waals surface area contributed by atoms with E-state index < -0.39 is 0 Å². The Balaban J connectivity index is 1.64. The van der Waals surface area contributed by atoms with Gasteiger partial charge in [0.05, 0.1) is 6.10 Å². The smallest absolute Gasteiger partial charge is 0.0733 e. The fraction of sp³-hybridized carbons (Fsp3) is 0.625. The molecule has 1 fully saturated rings. The Morgan fingerprint density at radius 1 is 1.17 bits per heavy atom. The van der Waals surface area contributed by atoms with Gasteiger partial charge in [0.2, 0.25) is 0 Å². The Hall–Kier alpha value is -0.860. The highest BCUT2D eigenvalue weighted by molar-refractivity contribution is 5.35. The van der Waals surface area contributed by atoms with Crippen LogP contribution in [-0.2, 0) is 19.3 Å². The topological polar surface area (TPSA) is 32.3 Å². The maximum Gasteiger partial charge on any atom is 0.0733 e. The van der Waals surface area contributed by atoms with E-state index in [2.05, 4.69) is 23.5 Å². The quantitative estimate of drug-likeness (QED) is 0.856. The van der Waals surface area contributed by atoms with Gasteiger partial charge in [-0.25, -0.2) is 0 Å². The second kappa shape index (κ2) is 5.41. The van der Waals surface area contributed by atoms with Crippen LogP contribution in [0.5, 0.6) is 0 Å². The molecule has 1 aliphatic carbocycles. The van der Waals surface area contributed by atoms with Gasteiger partial charge in [0.25, 0.3) is 0 Å². The highest BCUT2D eigenvalue weighted by atomic mass is 16.3. The zero-order valence-electron chi connectivity index (χ0n) is 11.0. The number of aliphatic hydroxyl groups is 1. The first-order chi connectivity index (χ1) is 8.83. The molecule has 2 heteroatoms. The van der Waals surface area contributed by atoms with Crippen LogP contribution in [0.4, 0.5) is 0 Å². The molecular weight excluding hydrogens is 222 g/mol. The predicted molar refractivity (Wildman–Crippen MR) is 73.8 cm³/mol. The summed E-state index contributed by atoms with van der Waals surface area (Å²) in [4.78, 5) is 0. The van der Waals surface area contributed by atoms with E-state index in [0.29, 0.717) is 6.04 Å². The lowest BCUT2D eigenvalue weighted by Crippen LogP contribution is -2.44. The number of fused-ring (bicyclic) bond motifs is 1. The minimum Gasteiger partial charge on any atom is -0.391 e. The molecule has 2 aliphatic rings. The lowest BCUT2D eigenvalue weighted by Gasteiger charge is -2.28. The summed E-state index contributed by atoms with van der Waals surface area (Å²) in [5, 5.41) is 13.8. The van der Waals surface area contributed by atoms with Gasteiger partial charge in [0.1, 0.15) is 0 Å². The van der Waals surface area contributed by atoms with Crippen LogP contribution in [0.1, 0.15) is 42.4 Å². The van der Waals surface area contributed by atoms with E-state index in [1.165, 1.54) is 48.8 Å². The third-order valence-corrected chi connectivity index (χ3v) is 4.42. The molecule has 98 valence electrons. The Kier molecular flexibility index (Phi) is 3.67. The van der Waals surface area contributed by atoms with E-state index in [9.17, 15) is 5.11 Å². The number of aliphatic hydroxyl groups excluding tert-OH is 1. The van der Waals surface area contributed by atoms with Gasteiger partial charge in [-0.1, -0.05) is 24.6 Å². The molecule has 2 unspecified atom stereocenters. The first kappa shape index (κ1) is 12.2. The molecule has 2 nitrogen and oxygen atoms in total. The molecule has 1 saturated heterocycles. The molecule has 0 aromatic heterocycles. The first-order valence-electron chi connectivity index (χ1n) is 7.35. The van der Waals surface area contributed by atoms with Gasteiger partial charge in [-0.05, 0) is 61.8 Å². The highest BCUT2D eigenvalue weighted by Crippen LogP contribution is 2.24. The van der Waals surface area contributed by atoms with Crippen LogP contribution >= 0.6 is 0 Å². The molecule has 2 N–H and O–H groups in total. The first-order valence-corrected chi connectivity index (χ1v) is 7.35. The second-order valence-electron chi connectivity index (χ2n) is 5.78. The third-order valence-electron chi connectivity index (χ3n) is 4.42. The molecule has 0 amide bonds. The van der Waals surface area contributed by atoms with Crippen molar-refractivity contribution in [2.45, 2.75) is 57.1 Å². The van der Waals surface area contributed by atoms with E-state index >= 15 is 0 Å². The van der Waals surface area contributed by atoms with Crippen LogP contribution in [0.2, 0.25) is 0 Å². The van der Waals surface area contributed by atoms with Gasteiger partial charge < -0.3 is 10.4 Å². The summed E-state index contributed by atoms with van der Waals surface area (Å²) in [5.74, 6) is 0. The maximum atomic E-state index is 10.3. The molecule has 18 heavy (non-hydrogen) atoms. The molecule has 0 spiro atoms. The van der Waals surface area contributed by atoms with Crippen molar-refractivity contribution in [2.75, 3.05) is 6.54 Å². The highest BCUT2D eigenvalue weighted by Gasteiger charge is 2.21. The number of rotatable bonds is 3. The van der Waals surface area contributed by atoms with Crippen molar-refractivity contribution in [2.24, 2.45) is 0 Å². The largest absolute Gasteiger partial charge is 0.391 e. The van der Waals surface area contributed by atoms with Crippen LogP contribution in [0, 0.1) is 0 Å². The fourth-order valence-electron chi connectivity index (χ4n) is 3.34. The van der Waals surface area contributed by atoms with Crippen LogP contribution in [0.3, 0.4) is 0 Å². The molecule has 0 saturated carbocycles. The summed E-state index contributed by atoms with van der Waals surface area (Å²) in [6.07, 6.45) is 7.94. The summed E-state index contributed by atoms with van der Waals surface area (Å²) in [6, 6.07) is 7.08. The number of nitrogens with one attached hydrogen (secondary N) is 1. The van der Waals surface area contributed by atoms with Crippen molar-refractivity contribution in [3.8, 4) is 0 Å². The molecule has 0 bridgehead atoms. The van der Waals surface area contributed by atoms with Crippen molar-refractivity contribution >= 4 is 0 Å². The Bertz CT molecular complexity index is 410. The van der Waals surface area contributed by atoms with Gasteiger partial charge in [-0.3, -0.25) is 0 Å². The average Bonchev–Trinajstić information content (AvgIpc) is 2.87. The number of hydrogen-bond donors (Lipinski definition) is 2. The normalized spacial score (nSPS) is 24.8. The average molecular weight is 245 g/mol. The second-order valence-corrected chi connectivity index (χ2v) is 5.78. The summed E-state index contributed by atoms with van der Waals surface area (Å²) in [6.45, 7) is 1.06. The standard InChI is InChI=1S/C16H23NO/c18-16(15-6-1-2-9-17-15)11-12-7-8-13-4-3-5-14(13)10-12/h7-8,10,15-18H,1-6,9,11H2. The molecule has 1 aromatic carbocycles. The van der Waals surface area contributed by atoms with Crippen molar-refractivity contribution < 1.29 is 5.11 Å². The van der Waals surface area contributed by atoms with Gasteiger partial charge in [0, 0.05) is 6.04 Å². The monoisotopic (exact) mass is 245 g/mol. The number of benzene rings is 1. The van der Waals surface area contributed by atoms with E-state index in [1.807, 2.05) is 0 Å². The van der Waals surface area contributed by atoms with Gasteiger partial charge in [0.15, 0.2) is 0 Å². The Labute approximate surface area is 109 Å². The minimum absolute atomic E-state index is 0.232. The molecular formula is C16H23NO. The third kappa shape index (κ3) is 2.60. The number of piperidine rings is 1. The van der Waals surface area contributed by atoms with Crippen LogP contribution in [-0.4, -0.2) is 23.8 Å². The molecule has 2 atom stereocenters. The van der Waals surface area contributed by atoms with E-state index in [1.54, 1.807) is 0 Å². The summed E-state index contributed by atoms with van der Waals surface area (Å²) >= 11 is 0. The number of aryl methyl sites for hydroxylation is 2. The summed E-state index contributed by atoms with van der Waals surface area (Å²) in [5.41, 5.74) is 4.33. The molecule has 1 aromatic rings. The van der Waals surface area contributed by atoms with Gasteiger partial charge in [-0.15, -0.1) is 0 Å². The lowest BCUT2D eigenvalue weighted by molar-refractivity contribution is 0.113. The van der Waals surface area contributed by atoms with Crippen molar-refractivity contribution in [1.82, 2.24) is 5.32 Å². The van der Waals surface area contributed by atoms with Crippen LogP contribution in [0.25, 0.3) is 0 Å². The van der Waals surface area contributed by atoms with Crippen LogP contribution < -0.4 is 5.32 Å². The van der Waals surface area contributed by atoms with Gasteiger partial charge >= 0.3 is 0 Å². The zero-order chi connectivity index (χ0) is 12.4. The molecule has 3 rings (SSSR count). The van der Waals surface area contributed by atoms with Crippen LogP contribution in [0.15, 0.2) is 18.2 Å². The molecule has 0 radical (unpaired) electrons. The minimum atomic E-state index is -0.232. The predicted octanol–water partition coefficient (Wildman–Crippen LogP) is 2.22. The Morgan fingerprint density at radius 2 is 2.06 bits per heavy atom. The van der Waals surface area contributed by atoms with E-state index in [4.69, 9.17) is 0 Å². The van der Waals surface area contributed by atoms with Crippen molar-refractivity contribution in [3.63, 3.8) is 0 Å². The Morgan fingerprint density at radius 3 is 2.89 bits per heavy atom. The number of hydrogen-bond acceptors (Lipinski definition) is 2. The summed E-state index contributed by atoms with van der Waals surface area (Å²) in [7, 11) is 0.